The lowest BCUT2D eigenvalue weighted by molar-refractivity contribution is -0.146. The number of ketones is 1. The molecule has 0 spiro atoms. The Morgan fingerprint density at radius 1 is 0.829 bits per heavy atom. The summed E-state index contributed by atoms with van der Waals surface area (Å²) in [5.74, 6) is -0.739. The molecule has 2 saturated heterocycles. The minimum atomic E-state index is -4.65. The smallest absolute Gasteiger partial charge is 0.355 e. The number of alkyl halides is 3. The zero-order valence-corrected chi connectivity index (χ0v) is 19.0. The molecule has 2 aliphatic heterocycles. The van der Waals surface area contributed by atoms with Crippen LogP contribution in [0.5, 0.6) is 0 Å². The molecule has 0 saturated carbocycles. The first-order valence-electron chi connectivity index (χ1n) is 11.7. The number of carbonyl (C=O) groups is 2. The predicted octanol–water partition coefficient (Wildman–Crippen LogP) is 3.48. The molecule has 2 fully saturated rings. The summed E-state index contributed by atoms with van der Waals surface area (Å²) < 4.78 is 40.2. The van der Waals surface area contributed by atoms with Gasteiger partial charge in [0.15, 0.2) is 11.4 Å². The molecule has 0 unspecified atom stereocenters. The monoisotopic (exact) mass is 486 g/mol. The largest absolute Gasteiger partial charge is 0.453 e. The van der Waals surface area contributed by atoms with Crippen molar-refractivity contribution in [3.8, 4) is 0 Å². The van der Waals surface area contributed by atoms with Gasteiger partial charge in [0.05, 0.1) is 0 Å². The molecule has 1 amide bonds. The maximum atomic E-state index is 13.2. The number of fused-ring (bicyclic) bond motifs is 1. The van der Waals surface area contributed by atoms with Crippen LogP contribution >= 0.6 is 0 Å². The third-order valence-electron chi connectivity index (χ3n) is 6.91. The van der Waals surface area contributed by atoms with E-state index < -0.39 is 12.0 Å². The Morgan fingerprint density at radius 3 is 2.14 bits per heavy atom. The van der Waals surface area contributed by atoms with Crippen LogP contribution in [0.25, 0.3) is 5.65 Å². The summed E-state index contributed by atoms with van der Waals surface area (Å²) in [6, 6.07) is 12.3. The lowest BCUT2D eigenvalue weighted by atomic mass is 9.87. The van der Waals surface area contributed by atoms with E-state index in [-0.39, 0.29) is 29.2 Å². The topological polar surface area (TPSA) is 83.7 Å². The Labute approximate surface area is 199 Å². The van der Waals surface area contributed by atoms with E-state index in [1.165, 1.54) is 6.07 Å². The maximum Gasteiger partial charge on any atom is 0.453 e. The number of anilines is 1. The number of aromatic nitrogens is 4. The van der Waals surface area contributed by atoms with E-state index in [4.69, 9.17) is 0 Å². The molecule has 184 valence electrons. The summed E-state index contributed by atoms with van der Waals surface area (Å²) in [5.41, 5.74) is 0.741. The highest BCUT2D eigenvalue weighted by Gasteiger charge is 2.38. The number of piperidine rings is 2. The molecule has 11 heteroatoms. The summed E-state index contributed by atoms with van der Waals surface area (Å²) in [5, 5.41) is 10.8. The number of likely N-dealkylation sites (tertiary alicyclic amines) is 1. The van der Waals surface area contributed by atoms with Gasteiger partial charge in [-0.25, -0.2) is 0 Å². The van der Waals surface area contributed by atoms with E-state index in [1.54, 1.807) is 6.07 Å². The molecule has 3 aromatic rings. The third-order valence-corrected chi connectivity index (χ3v) is 6.91. The van der Waals surface area contributed by atoms with Gasteiger partial charge in [-0.1, -0.05) is 30.3 Å². The number of amides is 1. The van der Waals surface area contributed by atoms with Crippen molar-refractivity contribution < 1.29 is 22.8 Å². The minimum absolute atomic E-state index is 0.0280. The third kappa shape index (κ3) is 4.71. The number of Topliss-reactive ketones (excluding diaryl/α,β-unsaturated/α-hetero) is 1. The summed E-state index contributed by atoms with van der Waals surface area (Å²) >= 11 is 0. The molecule has 2 aliphatic rings. The van der Waals surface area contributed by atoms with Crippen molar-refractivity contribution in [3.63, 3.8) is 0 Å². The zero-order valence-electron chi connectivity index (χ0n) is 19.0. The predicted molar refractivity (Wildman–Crippen MR) is 121 cm³/mol. The fourth-order valence-electron chi connectivity index (χ4n) is 4.94. The highest BCUT2D eigenvalue weighted by atomic mass is 19.4. The number of rotatable bonds is 4. The molecule has 2 aromatic heterocycles. The van der Waals surface area contributed by atoms with Crippen molar-refractivity contribution >= 4 is 23.2 Å². The Kier molecular flexibility index (Phi) is 6.16. The molecular weight excluding hydrogens is 461 g/mol. The number of hydrogen-bond acceptors (Lipinski definition) is 6. The Morgan fingerprint density at radius 2 is 1.49 bits per heavy atom. The summed E-state index contributed by atoms with van der Waals surface area (Å²) in [7, 11) is 0. The van der Waals surface area contributed by atoms with Gasteiger partial charge >= 0.3 is 6.18 Å². The van der Waals surface area contributed by atoms with Crippen LogP contribution in [0.1, 0.15) is 41.9 Å². The van der Waals surface area contributed by atoms with E-state index in [0.29, 0.717) is 67.8 Å². The first-order valence-corrected chi connectivity index (χ1v) is 11.7. The second-order valence-corrected chi connectivity index (χ2v) is 9.07. The van der Waals surface area contributed by atoms with E-state index in [1.807, 2.05) is 40.1 Å². The molecule has 35 heavy (non-hydrogen) atoms. The van der Waals surface area contributed by atoms with Crippen LogP contribution < -0.4 is 4.90 Å². The van der Waals surface area contributed by atoms with Crippen molar-refractivity contribution in [2.45, 2.75) is 31.9 Å². The highest BCUT2D eigenvalue weighted by Crippen LogP contribution is 2.30. The van der Waals surface area contributed by atoms with Crippen molar-refractivity contribution in [1.29, 1.82) is 0 Å². The lowest BCUT2D eigenvalue weighted by Crippen LogP contribution is -2.46. The van der Waals surface area contributed by atoms with Gasteiger partial charge in [0.2, 0.25) is 5.91 Å². The maximum absolute atomic E-state index is 13.2. The van der Waals surface area contributed by atoms with Gasteiger partial charge in [-0.05, 0) is 37.8 Å². The molecule has 0 atom stereocenters. The van der Waals surface area contributed by atoms with Crippen molar-refractivity contribution in [2.24, 2.45) is 11.8 Å². The number of halogens is 3. The summed E-state index contributed by atoms with van der Waals surface area (Å²) in [6.07, 6.45) is -2.15. The van der Waals surface area contributed by atoms with Gasteiger partial charge in [-0.2, -0.15) is 17.7 Å². The quantitative estimate of drug-likeness (QED) is 0.525. The van der Waals surface area contributed by atoms with Gasteiger partial charge in [0.25, 0.3) is 5.82 Å². The number of benzene rings is 1. The molecule has 0 bridgehead atoms. The summed E-state index contributed by atoms with van der Waals surface area (Å²) in [6.45, 7) is 2.16. The van der Waals surface area contributed by atoms with Crippen LogP contribution in [0.2, 0.25) is 0 Å². The van der Waals surface area contributed by atoms with Gasteiger partial charge in [-0.15, -0.1) is 15.3 Å². The molecule has 0 aliphatic carbocycles. The second kappa shape index (κ2) is 9.27. The standard InChI is InChI=1S/C24H25F3N6O2/c25-24(26,27)23-29-28-19-6-7-20(30-33(19)23)31-12-10-18(11-13-31)22(35)32-14-8-17(9-15-32)21(34)16-4-2-1-3-5-16/h1-7,17-18H,8-15H2. The molecule has 8 nitrogen and oxygen atoms in total. The summed E-state index contributed by atoms with van der Waals surface area (Å²) in [4.78, 5) is 29.5. The van der Waals surface area contributed by atoms with E-state index in [2.05, 4.69) is 15.3 Å². The van der Waals surface area contributed by atoms with Crippen LogP contribution in [0, 0.1) is 11.8 Å². The Hall–Kier alpha value is -3.50. The van der Waals surface area contributed by atoms with Crippen LogP contribution in [0.15, 0.2) is 42.5 Å². The average molecular weight is 486 g/mol. The molecular formula is C24H25F3N6O2. The Balaban J connectivity index is 1.17. The van der Waals surface area contributed by atoms with Crippen molar-refractivity contribution in [2.75, 3.05) is 31.1 Å². The highest BCUT2D eigenvalue weighted by molar-refractivity contribution is 5.98. The van der Waals surface area contributed by atoms with Crippen LogP contribution in [-0.4, -0.2) is 62.6 Å². The fourth-order valence-corrected chi connectivity index (χ4v) is 4.94. The first-order chi connectivity index (χ1) is 16.8. The van der Waals surface area contributed by atoms with E-state index in [9.17, 15) is 22.8 Å². The van der Waals surface area contributed by atoms with Crippen LogP contribution in [-0.2, 0) is 11.0 Å². The SMILES string of the molecule is O=C(c1ccccc1)C1CCN(C(=O)C2CCN(c3ccc4nnc(C(F)(F)F)n4n3)CC2)CC1. The minimum Gasteiger partial charge on any atom is -0.355 e. The number of hydrogen-bond donors (Lipinski definition) is 0. The van der Waals surface area contributed by atoms with Gasteiger partial charge in [0.1, 0.15) is 5.82 Å². The molecule has 0 N–H and O–H groups in total. The first kappa shape index (κ1) is 23.3. The average Bonchev–Trinajstić information content (AvgIpc) is 3.33. The van der Waals surface area contributed by atoms with Crippen molar-refractivity contribution in [3.05, 3.63) is 53.9 Å². The van der Waals surface area contributed by atoms with E-state index in [0.717, 1.165) is 0 Å². The second-order valence-electron chi connectivity index (χ2n) is 9.07. The zero-order chi connectivity index (χ0) is 24.6. The molecule has 4 heterocycles. The molecule has 0 radical (unpaired) electrons. The molecule has 1 aromatic carbocycles. The lowest BCUT2D eigenvalue weighted by Gasteiger charge is -2.37. The van der Waals surface area contributed by atoms with Crippen LogP contribution in [0.4, 0.5) is 19.0 Å². The normalized spacial score (nSPS) is 18.3. The fraction of sp³-hybridized carbons (Fsp3) is 0.458. The van der Waals surface area contributed by atoms with E-state index >= 15 is 0 Å². The Bertz CT molecular complexity index is 1210. The van der Waals surface area contributed by atoms with Crippen LogP contribution in [0.3, 0.4) is 0 Å². The number of carbonyl (C=O) groups excluding carboxylic acids is 2. The van der Waals surface area contributed by atoms with Gasteiger partial charge in [0, 0.05) is 43.6 Å². The van der Waals surface area contributed by atoms with Gasteiger partial charge < -0.3 is 9.80 Å². The molecule has 5 rings (SSSR count). The number of nitrogens with zero attached hydrogens (tertiary/aromatic N) is 6. The van der Waals surface area contributed by atoms with Crippen molar-refractivity contribution in [1.82, 2.24) is 24.7 Å². The van der Waals surface area contributed by atoms with Gasteiger partial charge in [-0.3, -0.25) is 9.59 Å².